The average molecular weight is 342 g/mol. The lowest BCUT2D eigenvalue weighted by Gasteiger charge is -2.20. The van der Waals surface area contributed by atoms with Crippen molar-refractivity contribution in [2.24, 2.45) is 0 Å². The van der Waals surface area contributed by atoms with Gasteiger partial charge in [0.2, 0.25) is 0 Å². The fraction of sp³-hybridized carbons (Fsp3) is 0.579. The lowest BCUT2D eigenvalue weighted by Crippen LogP contribution is -2.27. The number of nitrogens with zero attached hydrogens (tertiary/aromatic N) is 4. The van der Waals surface area contributed by atoms with Gasteiger partial charge < -0.3 is 14.0 Å². The maximum Gasteiger partial charge on any atom is 0.162 e. The summed E-state index contributed by atoms with van der Waals surface area (Å²) in [6, 6.07) is 6.45. The van der Waals surface area contributed by atoms with E-state index in [1.165, 1.54) is 11.1 Å². The molecule has 6 nitrogen and oxygen atoms in total. The highest BCUT2D eigenvalue weighted by atomic mass is 16.5. The van der Waals surface area contributed by atoms with Crippen molar-refractivity contribution >= 4 is 0 Å². The summed E-state index contributed by atoms with van der Waals surface area (Å²) in [7, 11) is 1.72. The zero-order valence-electron chi connectivity index (χ0n) is 15.1. The Morgan fingerprint density at radius 1 is 1.24 bits per heavy atom. The zero-order chi connectivity index (χ0) is 17.2. The minimum absolute atomic E-state index is 0.136. The SMILES string of the molecule is COc1ccc(CN2CCc3nnc(C4CCCO4)n3CC2)cc1C. The van der Waals surface area contributed by atoms with Crippen LogP contribution >= 0.6 is 0 Å². The van der Waals surface area contributed by atoms with Crippen LogP contribution in [0, 0.1) is 6.92 Å². The first kappa shape index (κ1) is 16.5. The molecule has 1 aromatic heterocycles. The predicted molar refractivity (Wildman–Crippen MR) is 94.7 cm³/mol. The zero-order valence-corrected chi connectivity index (χ0v) is 15.1. The van der Waals surface area contributed by atoms with Gasteiger partial charge >= 0.3 is 0 Å². The van der Waals surface area contributed by atoms with Crippen LogP contribution in [0.4, 0.5) is 0 Å². The molecule has 1 fully saturated rings. The smallest absolute Gasteiger partial charge is 0.162 e. The van der Waals surface area contributed by atoms with E-state index in [0.717, 1.165) is 69.4 Å². The molecule has 0 radical (unpaired) electrons. The van der Waals surface area contributed by atoms with Crippen molar-refractivity contribution in [3.05, 3.63) is 41.0 Å². The molecule has 2 aliphatic rings. The van der Waals surface area contributed by atoms with Crippen molar-refractivity contribution in [2.45, 2.75) is 45.4 Å². The first-order valence-electron chi connectivity index (χ1n) is 9.14. The molecular formula is C19H26N4O2. The van der Waals surface area contributed by atoms with Crippen molar-refractivity contribution in [2.75, 3.05) is 26.8 Å². The Hall–Kier alpha value is -1.92. The molecule has 1 atom stereocenters. The normalized spacial score (nSPS) is 21.1. The van der Waals surface area contributed by atoms with Crippen LogP contribution < -0.4 is 4.74 Å². The van der Waals surface area contributed by atoms with Gasteiger partial charge in [-0.3, -0.25) is 4.90 Å². The van der Waals surface area contributed by atoms with Gasteiger partial charge in [0, 0.05) is 39.2 Å². The first-order valence-corrected chi connectivity index (χ1v) is 9.14. The van der Waals surface area contributed by atoms with Crippen LogP contribution in [-0.4, -0.2) is 46.5 Å². The molecule has 0 N–H and O–H groups in total. The number of ether oxygens (including phenoxy) is 2. The van der Waals surface area contributed by atoms with Crippen molar-refractivity contribution in [3.8, 4) is 5.75 Å². The van der Waals surface area contributed by atoms with Gasteiger partial charge in [-0.25, -0.2) is 0 Å². The number of hydrogen-bond acceptors (Lipinski definition) is 5. The molecule has 0 amide bonds. The van der Waals surface area contributed by atoms with Crippen LogP contribution in [0.2, 0.25) is 0 Å². The number of fused-ring (bicyclic) bond motifs is 1. The van der Waals surface area contributed by atoms with E-state index >= 15 is 0 Å². The Bertz CT molecular complexity index is 737. The van der Waals surface area contributed by atoms with Gasteiger partial charge in [0.05, 0.1) is 7.11 Å². The molecule has 134 valence electrons. The van der Waals surface area contributed by atoms with Gasteiger partial charge in [-0.1, -0.05) is 12.1 Å². The minimum Gasteiger partial charge on any atom is -0.496 e. The number of aryl methyl sites for hydroxylation is 1. The number of benzene rings is 1. The van der Waals surface area contributed by atoms with Crippen LogP contribution in [0.1, 0.15) is 41.7 Å². The summed E-state index contributed by atoms with van der Waals surface area (Å²) >= 11 is 0. The third-order valence-corrected chi connectivity index (χ3v) is 5.23. The second kappa shape index (κ2) is 7.14. The summed E-state index contributed by atoms with van der Waals surface area (Å²) < 4.78 is 13.5. The number of methoxy groups -OCH3 is 1. The van der Waals surface area contributed by atoms with Crippen LogP contribution in [0.25, 0.3) is 0 Å². The summed E-state index contributed by atoms with van der Waals surface area (Å²) in [4.78, 5) is 2.50. The van der Waals surface area contributed by atoms with E-state index in [1.54, 1.807) is 7.11 Å². The molecule has 25 heavy (non-hydrogen) atoms. The molecule has 0 aliphatic carbocycles. The van der Waals surface area contributed by atoms with E-state index in [-0.39, 0.29) is 6.10 Å². The fourth-order valence-corrected chi connectivity index (χ4v) is 3.86. The van der Waals surface area contributed by atoms with Gasteiger partial charge in [0.25, 0.3) is 0 Å². The lowest BCUT2D eigenvalue weighted by molar-refractivity contribution is 0.101. The highest BCUT2D eigenvalue weighted by Gasteiger charge is 2.26. The van der Waals surface area contributed by atoms with Crippen LogP contribution in [-0.2, 0) is 24.2 Å². The molecule has 4 rings (SSSR count). The predicted octanol–water partition coefficient (Wildman–Crippen LogP) is 2.50. The fourth-order valence-electron chi connectivity index (χ4n) is 3.86. The van der Waals surface area contributed by atoms with E-state index in [4.69, 9.17) is 9.47 Å². The Morgan fingerprint density at radius 3 is 2.92 bits per heavy atom. The Balaban J connectivity index is 1.44. The minimum atomic E-state index is 0.136. The maximum atomic E-state index is 5.81. The maximum absolute atomic E-state index is 5.81. The summed E-state index contributed by atoms with van der Waals surface area (Å²) in [5.74, 6) is 3.07. The van der Waals surface area contributed by atoms with Gasteiger partial charge in [-0.15, -0.1) is 10.2 Å². The van der Waals surface area contributed by atoms with Crippen molar-refractivity contribution < 1.29 is 9.47 Å². The first-order chi connectivity index (χ1) is 12.2. The van der Waals surface area contributed by atoms with E-state index in [0.29, 0.717) is 0 Å². The third kappa shape index (κ3) is 3.41. The Morgan fingerprint density at radius 2 is 2.16 bits per heavy atom. The highest BCUT2D eigenvalue weighted by molar-refractivity contribution is 5.36. The quantitative estimate of drug-likeness (QED) is 0.854. The third-order valence-electron chi connectivity index (χ3n) is 5.23. The molecule has 0 bridgehead atoms. The molecular weight excluding hydrogens is 316 g/mol. The molecule has 2 aliphatic heterocycles. The molecule has 1 unspecified atom stereocenters. The van der Waals surface area contributed by atoms with Gasteiger partial charge in [-0.2, -0.15) is 0 Å². The van der Waals surface area contributed by atoms with E-state index in [1.807, 2.05) is 0 Å². The van der Waals surface area contributed by atoms with Crippen LogP contribution in [0.5, 0.6) is 5.75 Å². The second-order valence-electron chi connectivity index (χ2n) is 6.96. The van der Waals surface area contributed by atoms with Crippen molar-refractivity contribution in [1.29, 1.82) is 0 Å². The van der Waals surface area contributed by atoms with Crippen LogP contribution in [0.15, 0.2) is 18.2 Å². The summed E-state index contributed by atoms with van der Waals surface area (Å²) in [6.07, 6.45) is 3.26. The average Bonchev–Trinajstić information content (AvgIpc) is 3.23. The van der Waals surface area contributed by atoms with Crippen molar-refractivity contribution in [3.63, 3.8) is 0 Å². The van der Waals surface area contributed by atoms with Gasteiger partial charge in [0.1, 0.15) is 17.7 Å². The molecule has 1 aromatic carbocycles. The van der Waals surface area contributed by atoms with Crippen LogP contribution in [0.3, 0.4) is 0 Å². The van der Waals surface area contributed by atoms with Gasteiger partial charge in [-0.05, 0) is 37.0 Å². The van der Waals surface area contributed by atoms with Gasteiger partial charge in [0.15, 0.2) is 5.82 Å². The van der Waals surface area contributed by atoms with E-state index in [9.17, 15) is 0 Å². The summed E-state index contributed by atoms with van der Waals surface area (Å²) in [5, 5.41) is 8.85. The monoisotopic (exact) mass is 342 g/mol. The Kier molecular flexibility index (Phi) is 4.72. The number of hydrogen-bond donors (Lipinski definition) is 0. The number of aromatic nitrogens is 3. The number of rotatable bonds is 4. The van der Waals surface area contributed by atoms with E-state index < -0.39 is 0 Å². The standard InChI is InChI=1S/C19H26N4O2/c1-14-12-15(5-6-16(14)24-2)13-22-8-7-18-20-21-19(23(18)10-9-22)17-4-3-11-25-17/h5-6,12,17H,3-4,7-11,13H2,1-2H3. The highest BCUT2D eigenvalue weighted by Crippen LogP contribution is 2.28. The second-order valence-corrected chi connectivity index (χ2v) is 6.96. The molecule has 2 aromatic rings. The molecule has 0 saturated carbocycles. The topological polar surface area (TPSA) is 52.4 Å². The molecule has 1 saturated heterocycles. The largest absolute Gasteiger partial charge is 0.496 e. The lowest BCUT2D eigenvalue weighted by atomic mass is 10.1. The Labute approximate surface area is 148 Å². The molecule has 0 spiro atoms. The summed E-state index contributed by atoms with van der Waals surface area (Å²) in [5.41, 5.74) is 2.52. The summed E-state index contributed by atoms with van der Waals surface area (Å²) in [6.45, 7) is 6.85. The van der Waals surface area contributed by atoms with E-state index in [2.05, 4.69) is 44.8 Å². The molecule has 6 heteroatoms. The molecule has 3 heterocycles. The van der Waals surface area contributed by atoms with Crippen molar-refractivity contribution in [1.82, 2.24) is 19.7 Å².